The lowest BCUT2D eigenvalue weighted by Gasteiger charge is -2.09. The van der Waals surface area contributed by atoms with Gasteiger partial charge in [-0.05, 0) is 36.4 Å². The second-order valence-corrected chi connectivity index (χ2v) is 6.00. The molecule has 4 aromatic rings. The summed E-state index contributed by atoms with van der Waals surface area (Å²) in [5.74, 6) is 0.836. The molecule has 138 valence electrons. The molecule has 2 heterocycles. The molecule has 0 fully saturated rings. The third kappa shape index (κ3) is 3.73. The molecule has 2 aromatic heterocycles. The number of benzene rings is 2. The zero-order valence-electron chi connectivity index (χ0n) is 15.1. The minimum atomic E-state index is -0.348. The Bertz CT molecular complexity index is 1120. The number of rotatable bonds is 5. The van der Waals surface area contributed by atoms with Gasteiger partial charge in [0, 0.05) is 23.3 Å². The number of carbonyl (C=O) groups is 1. The molecule has 0 bridgehead atoms. The Labute approximate surface area is 161 Å². The lowest BCUT2D eigenvalue weighted by molar-refractivity contribution is 0.102. The highest BCUT2D eigenvalue weighted by Gasteiger charge is 2.10. The molecule has 0 saturated carbocycles. The summed E-state index contributed by atoms with van der Waals surface area (Å²) in [6.45, 7) is 0. The molecule has 1 amide bonds. The van der Waals surface area contributed by atoms with Crippen molar-refractivity contribution in [2.75, 3.05) is 17.7 Å². The predicted octanol–water partition coefficient (Wildman–Crippen LogP) is 4.03. The number of nitrogens with zero attached hydrogens (tertiary/aromatic N) is 3. The molecule has 2 aromatic carbocycles. The van der Waals surface area contributed by atoms with Crippen LogP contribution < -0.4 is 15.4 Å². The lowest BCUT2D eigenvalue weighted by atomic mass is 10.2. The normalized spacial score (nSPS) is 10.5. The van der Waals surface area contributed by atoms with E-state index in [4.69, 9.17) is 4.74 Å². The summed E-state index contributed by atoms with van der Waals surface area (Å²) in [6, 6.07) is 20.2. The van der Waals surface area contributed by atoms with Crippen LogP contribution in [-0.2, 0) is 0 Å². The highest BCUT2D eigenvalue weighted by atomic mass is 16.5. The number of anilines is 3. The molecule has 4 rings (SSSR count). The fourth-order valence-electron chi connectivity index (χ4n) is 2.76. The van der Waals surface area contributed by atoms with Gasteiger partial charge in [0.25, 0.3) is 5.91 Å². The van der Waals surface area contributed by atoms with Crippen LogP contribution in [0.5, 0.6) is 5.75 Å². The monoisotopic (exact) mass is 371 g/mol. The molecule has 0 unspecified atom stereocenters. The van der Waals surface area contributed by atoms with Crippen molar-refractivity contribution >= 4 is 34.0 Å². The largest absolute Gasteiger partial charge is 0.497 e. The number of pyridine rings is 1. The van der Waals surface area contributed by atoms with Gasteiger partial charge in [-0.2, -0.15) is 0 Å². The van der Waals surface area contributed by atoms with Gasteiger partial charge >= 0.3 is 0 Å². The van der Waals surface area contributed by atoms with Crippen LogP contribution in [0.3, 0.4) is 0 Å². The van der Waals surface area contributed by atoms with Crippen LogP contribution in [0.4, 0.5) is 17.2 Å². The fraction of sp³-hybridized carbons (Fsp3) is 0.0476. The quantitative estimate of drug-likeness (QED) is 0.551. The maximum atomic E-state index is 12.4. The molecular formula is C21H17N5O2. The molecule has 0 aliphatic carbocycles. The van der Waals surface area contributed by atoms with E-state index in [0.29, 0.717) is 17.3 Å². The summed E-state index contributed by atoms with van der Waals surface area (Å²) in [4.78, 5) is 16.8. The van der Waals surface area contributed by atoms with Crippen molar-refractivity contribution in [3.63, 3.8) is 0 Å². The van der Waals surface area contributed by atoms with Crippen molar-refractivity contribution in [2.45, 2.75) is 0 Å². The molecule has 0 aliphatic heterocycles. The number of methoxy groups -OCH3 is 1. The van der Waals surface area contributed by atoms with Crippen LogP contribution in [0.25, 0.3) is 10.9 Å². The average Bonchev–Trinajstić information content (AvgIpc) is 2.74. The van der Waals surface area contributed by atoms with Crippen LogP contribution >= 0.6 is 0 Å². The Morgan fingerprint density at radius 2 is 1.82 bits per heavy atom. The van der Waals surface area contributed by atoms with Gasteiger partial charge in [0.05, 0.1) is 18.3 Å². The highest BCUT2D eigenvalue weighted by molar-refractivity contribution is 6.03. The minimum absolute atomic E-state index is 0.212. The van der Waals surface area contributed by atoms with E-state index >= 15 is 0 Å². The Kier molecular flexibility index (Phi) is 4.79. The second-order valence-electron chi connectivity index (χ2n) is 6.00. The number of hydrogen-bond donors (Lipinski definition) is 2. The van der Waals surface area contributed by atoms with Crippen molar-refractivity contribution in [3.8, 4) is 5.75 Å². The van der Waals surface area contributed by atoms with Gasteiger partial charge in [0.1, 0.15) is 5.75 Å². The molecule has 7 heteroatoms. The third-order valence-electron chi connectivity index (χ3n) is 4.12. The summed E-state index contributed by atoms with van der Waals surface area (Å²) < 4.78 is 5.15. The van der Waals surface area contributed by atoms with Crippen molar-refractivity contribution in [3.05, 3.63) is 78.6 Å². The number of amides is 1. The van der Waals surface area contributed by atoms with Crippen molar-refractivity contribution in [1.82, 2.24) is 15.2 Å². The molecule has 0 atom stereocenters. The Morgan fingerprint density at radius 3 is 2.64 bits per heavy atom. The van der Waals surface area contributed by atoms with Crippen LogP contribution in [0, 0.1) is 0 Å². The first-order valence-corrected chi connectivity index (χ1v) is 8.63. The third-order valence-corrected chi connectivity index (χ3v) is 4.12. The van der Waals surface area contributed by atoms with Gasteiger partial charge in [0.2, 0.25) is 0 Å². The smallest absolute Gasteiger partial charge is 0.276 e. The van der Waals surface area contributed by atoms with E-state index in [2.05, 4.69) is 25.8 Å². The van der Waals surface area contributed by atoms with Crippen LogP contribution in [0.15, 0.2) is 72.9 Å². The number of para-hydroxylation sites is 1. The van der Waals surface area contributed by atoms with Crippen molar-refractivity contribution < 1.29 is 9.53 Å². The Balaban J connectivity index is 1.49. The summed E-state index contributed by atoms with van der Waals surface area (Å²) >= 11 is 0. The minimum Gasteiger partial charge on any atom is -0.497 e. The van der Waals surface area contributed by atoms with E-state index in [1.165, 1.54) is 0 Å². The molecular weight excluding hydrogens is 354 g/mol. The van der Waals surface area contributed by atoms with E-state index < -0.39 is 0 Å². The summed E-state index contributed by atoms with van der Waals surface area (Å²) in [5, 5.41) is 15.1. The van der Waals surface area contributed by atoms with Gasteiger partial charge in [-0.25, -0.2) is 0 Å². The molecule has 7 nitrogen and oxygen atoms in total. The first kappa shape index (κ1) is 17.4. The molecule has 0 radical (unpaired) electrons. The zero-order valence-corrected chi connectivity index (χ0v) is 15.1. The van der Waals surface area contributed by atoms with E-state index in [1.54, 1.807) is 49.7 Å². The number of ether oxygens (including phenoxy) is 1. The summed E-state index contributed by atoms with van der Waals surface area (Å²) in [7, 11) is 1.57. The van der Waals surface area contributed by atoms with Gasteiger partial charge in [-0.15, -0.1) is 10.2 Å². The standard InChI is InChI=1S/C21H17N5O2/c1-28-16-8-3-7-15(13-16)23-21(27)18-10-11-19(26-25-18)24-17-9-2-5-14-6-4-12-22-20(14)17/h2-13H,1H3,(H,23,27)(H,24,26). The summed E-state index contributed by atoms with van der Waals surface area (Å²) in [5.41, 5.74) is 2.49. The first-order valence-electron chi connectivity index (χ1n) is 8.63. The maximum Gasteiger partial charge on any atom is 0.276 e. The van der Waals surface area contributed by atoms with Gasteiger partial charge < -0.3 is 15.4 Å². The number of carbonyl (C=O) groups excluding carboxylic acids is 1. The van der Waals surface area contributed by atoms with E-state index in [0.717, 1.165) is 16.6 Å². The molecule has 2 N–H and O–H groups in total. The Morgan fingerprint density at radius 1 is 0.964 bits per heavy atom. The maximum absolute atomic E-state index is 12.4. The second kappa shape index (κ2) is 7.71. The fourth-order valence-corrected chi connectivity index (χ4v) is 2.76. The Hall–Kier alpha value is -4.00. The van der Waals surface area contributed by atoms with Crippen LogP contribution in [0.1, 0.15) is 10.5 Å². The number of aromatic nitrogens is 3. The molecule has 0 aliphatic rings. The first-order chi connectivity index (χ1) is 13.7. The SMILES string of the molecule is COc1cccc(NC(=O)c2ccc(Nc3cccc4cccnc34)nn2)c1. The van der Waals surface area contributed by atoms with E-state index in [1.807, 2.05) is 30.3 Å². The predicted molar refractivity (Wildman–Crippen MR) is 108 cm³/mol. The van der Waals surface area contributed by atoms with E-state index in [-0.39, 0.29) is 11.6 Å². The zero-order chi connectivity index (χ0) is 19.3. The highest BCUT2D eigenvalue weighted by Crippen LogP contribution is 2.23. The van der Waals surface area contributed by atoms with Gasteiger partial charge in [-0.1, -0.05) is 24.3 Å². The molecule has 0 saturated heterocycles. The van der Waals surface area contributed by atoms with Crippen molar-refractivity contribution in [1.29, 1.82) is 0 Å². The van der Waals surface area contributed by atoms with Crippen molar-refractivity contribution in [2.24, 2.45) is 0 Å². The molecule has 0 spiro atoms. The van der Waals surface area contributed by atoms with E-state index in [9.17, 15) is 4.79 Å². The lowest BCUT2D eigenvalue weighted by Crippen LogP contribution is -2.14. The number of nitrogens with one attached hydrogen (secondary N) is 2. The number of hydrogen-bond acceptors (Lipinski definition) is 6. The van der Waals surface area contributed by atoms with Crippen LogP contribution in [0.2, 0.25) is 0 Å². The molecule has 28 heavy (non-hydrogen) atoms. The average molecular weight is 371 g/mol. The van der Waals surface area contributed by atoms with Crippen LogP contribution in [-0.4, -0.2) is 28.2 Å². The van der Waals surface area contributed by atoms with Gasteiger partial charge in [-0.3, -0.25) is 9.78 Å². The number of fused-ring (bicyclic) bond motifs is 1. The summed E-state index contributed by atoms with van der Waals surface area (Å²) in [6.07, 6.45) is 1.74. The topological polar surface area (TPSA) is 89.0 Å². The van der Waals surface area contributed by atoms with Gasteiger partial charge in [0.15, 0.2) is 11.5 Å².